The molecule has 2 rings (SSSR count). The number of nitrogens with zero attached hydrogens (tertiary/aromatic N) is 4. The van der Waals surface area contributed by atoms with Gasteiger partial charge in [-0.25, -0.2) is 4.79 Å². The van der Waals surface area contributed by atoms with Gasteiger partial charge in [-0.15, -0.1) is 10.2 Å². The molecule has 9 nitrogen and oxygen atoms in total. The standard InChI is InChI=1S/C13H11BrN6O3/c1-22-11-3-8(13(21)23-2)10(4-9(11)14)16-6-7(5-15)12-17-19-20-18-12/h3-4,6,16H,1-2H3,(H,17,18,19,20). The number of hydrogen-bond donors (Lipinski definition) is 2. The Morgan fingerprint density at radius 1 is 1.48 bits per heavy atom. The van der Waals surface area contributed by atoms with Crippen molar-refractivity contribution in [3.05, 3.63) is 34.2 Å². The second-order valence-electron chi connectivity index (χ2n) is 4.07. The van der Waals surface area contributed by atoms with E-state index in [-0.39, 0.29) is 17.0 Å². The second-order valence-corrected chi connectivity index (χ2v) is 4.93. The number of aromatic amines is 1. The summed E-state index contributed by atoms with van der Waals surface area (Å²) in [6.07, 6.45) is 1.37. The Labute approximate surface area is 139 Å². The second kappa shape index (κ2) is 7.37. The maximum Gasteiger partial charge on any atom is 0.340 e. The number of hydrogen-bond acceptors (Lipinski definition) is 8. The van der Waals surface area contributed by atoms with Crippen LogP contribution >= 0.6 is 15.9 Å². The minimum Gasteiger partial charge on any atom is -0.496 e. The fourth-order valence-corrected chi connectivity index (χ4v) is 2.19. The molecule has 0 aliphatic heterocycles. The molecule has 0 atom stereocenters. The summed E-state index contributed by atoms with van der Waals surface area (Å²) in [5.41, 5.74) is 0.802. The van der Waals surface area contributed by atoms with E-state index in [1.54, 1.807) is 6.07 Å². The highest BCUT2D eigenvalue weighted by atomic mass is 79.9. The minimum absolute atomic E-state index is 0.132. The molecule has 0 aliphatic rings. The van der Waals surface area contributed by atoms with Crippen LogP contribution in [0.2, 0.25) is 0 Å². The molecular formula is C13H11BrN6O3. The topological polar surface area (TPSA) is 126 Å². The van der Waals surface area contributed by atoms with Crippen molar-refractivity contribution in [2.24, 2.45) is 0 Å². The van der Waals surface area contributed by atoms with Gasteiger partial charge in [0, 0.05) is 6.20 Å². The lowest BCUT2D eigenvalue weighted by molar-refractivity contribution is 0.0601. The summed E-state index contributed by atoms with van der Waals surface area (Å²) in [7, 11) is 2.76. The Kier molecular flexibility index (Phi) is 5.27. The van der Waals surface area contributed by atoms with Crippen LogP contribution in [0.1, 0.15) is 16.2 Å². The maximum absolute atomic E-state index is 11.9. The van der Waals surface area contributed by atoms with Gasteiger partial charge in [0.15, 0.2) is 0 Å². The molecule has 2 N–H and O–H groups in total. The lowest BCUT2D eigenvalue weighted by atomic mass is 10.1. The van der Waals surface area contributed by atoms with Gasteiger partial charge in [0.2, 0.25) is 5.82 Å². The van der Waals surface area contributed by atoms with Gasteiger partial charge in [-0.2, -0.15) is 10.5 Å². The monoisotopic (exact) mass is 378 g/mol. The zero-order valence-electron chi connectivity index (χ0n) is 12.1. The van der Waals surface area contributed by atoms with Crippen molar-refractivity contribution in [2.75, 3.05) is 19.5 Å². The van der Waals surface area contributed by atoms with Crippen LogP contribution in [0.3, 0.4) is 0 Å². The number of nitrogens with one attached hydrogen (secondary N) is 2. The number of aromatic nitrogens is 4. The van der Waals surface area contributed by atoms with Crippen LogP contribution in [-0.4, -0.2) is 40.8 Å². The Morgan fingerprint density at radius 2 is 2.26 bits per heavy atom. The number of halogens is 1. The van der Waals surface area contributed by atoms with E-state index < -0.39 is 5.97 Å². The Balaban J connectivity index is 2.40. The fourth-order valence-electron chi connectivity index (χ4n) is 1.68. The maximum atomic E-state index is 11.9. The molecule has 0 unspecified atom stereocenters. The molecule has 0 radical (unpaired) electrons. The van der Waals surface area contributed by atoms with Crippen LogP contribution in [0, 0.1) is 11.3 Å². The third-order valence-corrected chi connectivity index (χ3v) is 3.40. The molecule has 1 aromatic heterocycles. The molecule has 0 fully saturated rings. The quantitative estimate of drug-likeness (QED) is 0.594. The molecule has 1 aromatic carbocycles. The van der Waals surface area contributed by atoms with Gasteiger partial charge in [-0.3, -0.25) is 0 Å². The Hall–Kier alpha value is -2.93. The molecule has 0 bridgehead atoms. The first-order valence-electron chi connectivity index (χ1n) is 6.17. The average Bonchev–Trinajstić information content (AvgIpc) is 3.09. The summed E-state index contributed by atoms with van der Waals surface area (Å²) in [4.78, 5) is 11.9. The fraction of sp³-hybridized carbons (Fsp3) is 0.154. The highest BCUT2D eigenvalue weighted by molar-refractivity contribution is 9.10. The number of carbonyl (C=O) groups excluding carboxylic acids is 1. The van der Waals surface area contributed by atoms with Crippen LogP contribution in [0.5, 0.6) is 5.75 Å². The van der Waals surface area contributed by atoms with Crippen LogP contribution in [-0.2, 0) is 4.74 Å². The highest BCUT2D eigenvalue weighted by Gasteiger charge is 2.16. The predicted molar refractivity (Wildman–Crippen MR) is 83.4 cm³/mol. The lowest BCUT2D eigenvalue weighted by Gasteiger charge is -2.11. The van der Waals surface area contributed by atoms with Crippen molar-refractivity contribution in [2.45, 2.75) is 0 Å². The number of tetrazole rings is 1. The molecule has 0 amide bonds. The van der Waals surface area contributed by atoms with Crippen molar-refractivity contribution in [3.63, 3.8) is 0 Å². The van der Waals surface area contributed by atoms with Gasteiger partial charge >= 0.3 is 5.97 Å². The van der Waals surface area contributed by atoms with Gasteiger partial charge in [-0.1, -0.05) is 0 Å². The lowest BCUT2D eigenvalue weighted by Crippen LogP contribution is -2.06. The normalized spacial score (nSPS) is 10.8. The summed E-state index contributed by atoms with van der Waals surface area (Å²) < 4.78 is 10.5. The molecule has 0 spiro atoms. The van der Waals surface area contributed by atoms with E-state index in [9.17, 15) is 4.79 Å². The van der Waals surface area contributed by atoms with Gasteiger partial charge in [-0.05, 0) is 33.3 Å². The van der Waals surface area contributed by atoms with Crippen LogP contribution in [0.4, 0.5) is 5.69 Å². The van der Waals surface area contributed by atoms with Crippen LogP contribution in [0.25, 0.3) is 5.57 Å². The number of anilines is 1. The van der Waals surface area contributed by atoms with Crippen molar-refractivity contribution in [1.29, 1.82) is 5.26 Å². The molecular weight excluding hydrogens is 368 g/mol. The van der Waals surface area contributed by atoms with Crippen LogP contribution in [0.15, 0.2) is 22.8 Å². The number of methoxy groups -OCH3 is 2. The average molecular weight is 379 g/mol. The van der Waals surface area contributed by atoms with Gasteiger partial charge in [0.25, 0.3) is 0 Å². The summed E-state index contributed by atoms with van der Waals surface area (Å²) >= 11 is 3.33. The third-order valence-electron chi connectivity index (χ3n) is 2.78. The number of H-pyrrole nitrogens is 1. The summed E-state index contributed by atoms with van der Waals surface area (Å²) in [6, 6.07) is 5.09. The zero-order chi connectivity index (χ0) is 16.8. The summed E-state index contributed by atoms with van der Waals surface area (Å²) in [5.74, 6) is 0.0515. The summed E-state index contributed by atoms with van der Waals surface area (Å²) in [6.45, 7) is 0. The molecule has 23 heavy (non-hydrogen) atoms. The number of esters is 1. The van der Waals surface area contributed by atoms with E-state index in [0.717, 1.165) is 0 Å². The summed E-state index contributed by atoms with van der Waals surface area (Å²) in [5, 5.41) is 25.1. The van der Waals surface area contributed by atoms with E-state index in [4.69, 9.17) is 14.7 Å². The number of carbonyl (C=O) groups is 1. The number of nitriles is 1. The van der Waals surface area contributed by atoms with Gasteiger partial charge in [0.05, 0.1) is 29.9 Å². The first-order valence-corrected chi connectivity index (χ1v) is 6.96. The number of rotatable bonds is 5. The molecule has 10 heteroatoms. The first kappa shape index (κ1) is 16.4. The third kappa shape index (κ3) is 3.64. The highest BCUT2D eigenvalue weighted by Crippen LogP contribution is 2.32. The smallest absolute Gasteiger partial charge is 0.340 e. The number of ether oxygens (including phenoxy) is 2. The molecule has 0 aliphatic carbocycles. The number of benzene rings is 1. The van der Waals surface area contributed by atoms with Crippen LogP contribution < -0.4 is 10.1 Å². The molecule has 118 valence electrons. The van der Waals surface area contributed by atoms with E-state index in [1.807, 2.05) is 6.07 Å². The van der Waals surface area contributed by atoms with Crippen molar-refractivity contribution in [1.82, 2.24) is 20.6 Å². The SMILES string of the molecule is COC(=O)c1cc(OC)c(Br)cc1NC=C(C#N)c1nn[nH]n1. The van der Waals surface area contributed by atoms with Crippen molar-refractivity contribution < 1.29 is 14.3 Å². The van der Waals surface area contributed by atoms with E-state index in [2.05, 4.69) is 41.9 Å². The van der Waals surface area contributed by atoms with Crippen molar-refractivity contribution in [3.8, 4) is 11.8 Å². The number of allylic oxidation sites excluding steroid dienone is 1. The largest absolute Gasteiger partial charge is 0.496 e. The molecule has 2 aromatic rings. The molecule has 1 heterocycles. The van der Waals surface area contributed by atoms with E-state index in [0.29, 0.717) is 15.9 Å². The molecule has 0 saturated carbocycles. The minimum atomic E-state index is -0.551. The van der Waals surface area contributed by atoms with E-state index >= 15 is 0 Å². The Morgan fingerprint density at radius 3 is 2.83 bits per heavy atom. The van der Waals surface area contributed by atoms with E-state index in [1.165, 1.54) is 26.5 Å². The van der Waals surface area contributed by atoms with Gasteiger partial charge < -0.3 is 14.8 Å². The first-order chi connectivity index (χ1) is 11.1. The Bertz CT molecular complexity index is 782. The predicted octanol–water partition coefficient (Wildman–Crippen LogP) is 1.73. The molecule has 0 saturated heterocycles. The van der Waals surface area contributed by atoms with Gasteiger partial charge in [0.1, 0.15) is 17.4 Å². The van der Waals surface area contributed by atoms with Crippen molar-refractivity contribution >= 4 is 33.2 Å². The zero-order valence-corrected chi connectivity index (χ0v) is 13.7.